The molecule has 18 N–H and O–H groups in total. The molecule has 139 heavy (non-hydrogen) atoms. The Kier molecular flexibility index (Phi) is 44.1. The van der Waals surface area contributed by atoms with Gasteiger partial charge in [0.1, 0.15) is 16.4 Å². The van der Waals surface area contributed by atoms with Crippen molar-refractivity contribution in [3.63, 3.8) is 0 Å². The van der Waals surface area contributed by atoms with Crippen LogP contribution in [0.2, 0.25) is 10.0 Å². The summed E-state index contributed by atoms with van der Waals surface area (Å²) in [6.45, 7) is 26.3. The zero-order chi connectivity index (χ0) is 103. The van der Waals surface area contributed by atoms with Crippen LogP contribution in [-0.4, -0.2) is 117 Å². The van der Waals surface area contributed by atoms with Crippen LogP contribution in [0.1, 0.15) is 306 Å². The predicted molar refractivity (Wildman–Crippen MR) is 533 cm³/mol. The van der Waals surface area contributed by atoms with Crippen molar-refractivity contribution in [2.24, 2.45) is 17.3 Å². The van der Waals surface area contributed by atoms with Gasteiger partial charge in [-0.2, -0.15) is 0 Å². The molecular formula is C103H124Cl2N12O20S2. The third-order valence-corrected chi connectivity index (χ3v) is 26.0. The highest BCUT2D eigenvalue weighted by molar-refractivity contribution is 7.91. The number of Topliss-reactive ketones (excluding diaryl/α,β-unsaturated/α-hetero) is 1. The Morgan fingerprint density at radius 1 is 0.460 bits per heavy atom. The number of thiophene rings is 1. The average molecular weight is 1990 g/mol. The summed E-state index contributed by atoms with van der Waals surface area (Å²) >= 11 is 13.2. The van der Waals surface area contributed by atoms with E-state index in [4.69, 9.17) is 58.8 Å². The van der Waals surface area contributed by atoms with Crippen molar-refractivity contribution < 1.29 is 96.7 Å². The fraction of sp³-hybridized carbons (Fsp3) is 0.330. The van der Waals surface area contributed by atoms with Gasteiger partial charge >= 0.3 is 6.03 Å². The smallest absolute Gasteiger partial charge is 0.315 e. The quantitative estimate of drug-likeness (QED) is 0.0113. The van der Waals surface area contributed by atoms with Crippen molar-refractivity contribution in [3.05, 3.63) is 312 Å². The molecule has 11 amide bonds. The van der Waals surface area contributed by atoms with E-state index in [1.165, 1.54) is 36.3 Å². The van der Waals surface area contributed by atoms with Gasteiger partial charge < -0.3 is 41.4 Å². The first-order valence-corrected chi connectivity index (χ1v) is 48.2. The molecule has 2 heterocycles. The lowest BCUT2D eigenvalue weighted by atomic mass is 9.93. The molecule has 0 saturated heterocycles. The number of hydrogen-bond acceptors (Lipinski definition) is 21. The number of nitrogens with one attached hydrogen (secondary N) is 12. The zero-order valence-electron chi connectivity index (χ0n) is 79.9. The lowest BCUT2D eigenvalue weighted by Crippen LogP contribution is -2.48. The fourth-order valence-corrected chi connectivity index (χ4v) is 17.8. The molecule has 1 aliphatic carbocycles. The number of rotatable bonds is 30. The van der Waals surface area contributed by atoms with Gasteiger partial charge in [-0.1, -0.05) is 225 Å². The number of fused-ring (bicyclic) bond motifs is 2. The minimum Gasteiger partial charge on any atom is -0.451 e. The molecule has 1 fully saturated rings. The molecule has 6 atom stereocenters. The van der Waals surface area contributed by atoms with Crippen LogP contribution in [0.4, 0.5) is 4.79 Å². The van der Waals surface area contributed by atoms with Crippen molar-refractivity contribution in [1.29, 1.82) is 0 Å². The SMILES string of the molecule is CC(C)[C@@H](NC(=O)NC(C)(C)C)c1ccc(C(=O)CO)cc1.CC(NC(=O)CC1CCCC1)c1ccc(C(=O)NO)cc1.CC(NC(=O)c1c(Cl)cccc1Cl)c1cccc(C(=O)NO)c1.CC(NS(=O)(=O)c1cc2ccccc2s1)c1ccc(C(=O)NO)cc1.CCC[C@@H](NC(=O)C(C)(C)C)c1ccc(C(=O)NO)cc1.CCC[C@@H](NC(=O)c1oc2ccccc2c1C)c1ccc(C(=O)NO)cc1. The Morgan fingerprint density at radius 2 is 0.899 bits per heavy atom. The molecule has 0 spiro atoms. The van der Waals surface area contributed by atoms with E-state index in [0.29, 0.717) is 57.1 Å². The highest BCUT2D eigenvalue weighted by Crippen LogP contribution is 2.34. The number of ketones is 1. The van der Waals surface area contributed by atoms with Crippen molar-refractivity contribution in [1.82, 2.24) is 64.0 Å². The monoisotopic (exact) mass is 1980 g/mol. The number of furan rings is 1. The number of carbonyl (C=O) groups excluding carboxylic acids is 11. The summed E-state index contributed by atoms with van der Waals surface area (Å²) in [6, 6.07) is 60.2. The number of hydroxylamine groups is 5. The van der Waals surface area contributed by atoms with Gasteiger partial charge in [0.15, 0.2) is 11.5 Å². The topological polar surface area (TPSA) is 501 Å². The van der Waals surface area contributed by atoms with Crippen LogP contribution >= 0.6 is 34.5 Å². The number of aryl methyl sites for hydroxylation is 1. The molecule has 1 saturated carbocycles. The first-order valence-electron chi connectivity index (χ1n) is 45.1. The van der Waals surface area contributed by atoms with E-state index < -0.39 is 63.5 Å². The van der Waals surface area contributed by atoms with Gasteiger partial charge in [0.25, 0.3) is 51.4 Å². The van der Waals surface area contributed by atoms with Gasteiger partial charge in [-0.05, 0) is 216 Å². The lowest BCUT2D eigenvalue weighted by Gasteiger charge is -2.27. The largest absolute Gasteiger partial charge is 0.451 e. The van der Waals surface area contributed by atoms with Crippen molar-refractivity contribution >= 4 is 131 Å². The minimum atomic E-state index is -3.65. The summed E-state index contributed by atoms with van der Waals surface area (Å²) in [5.74, 6) is -2.77. The second-order valence-electron chi connectivity index (χ2n) is 35.4. The van der Waals surface area contributed by atoms with Crippen molar-refractivity contribution in [2.45, 2.75) is 201 Å². The third-order valence-electron chi connectivity index (χ3n) is 22.2. The number of sulfonamides is 1. The Morgan fingerprint density at radius 3 is 1.36 bits per heavy atom. The number of urea groups is 1. The number of benzene rings is 9. The van der Waals surface area contributed by atoms with Crippen LogP contribution < -0.4 is 64.0 Å². The summed E-state index contributed by atoms with van der Waals surface area (Å²) < 4.78 is 34.8. The van der Waals surface area contributed by atoms with Gasteiger partial charge in [0.05, 0.1) is 45.8 Å². The molecule has 1 aliphatic rings. The molecule has 742 valence electrons. The van der Waals surface area contributed by atoms with Crippen LogP contribution in [0.15, 0.2) is 227 Å². The van der Waals surface area contributed by atoms with Crippen molar-refractivity contribution in [2.75, 3.05) is 6.61 Å². The first kappa shape index (κ1) is 113. The van der Waals surface area contributed by atoms with Crippen LogP contribution in [0.5, 0.6) is 0 Å². The first-order chi connectivity index (χ1) is 65.9. The number of hydrogen-bond donors (Lipinski definition) is 18. The molecule has 9 aromatic carbocycles. The highest BCUT2D eigenvalue weighted by atomic mass is 35.5. The van der Waals surface area contributed by atoms with E-state index in [1.807, 2.05) is 137 Å². The Balaban J connectivity index is 0.000000227. The summed E-state index contributed by atoms with van der Waals surface area (Å²) in [4.78, 5) is 130. The maximum Gasteiger partial charge on any atom is 0.315 e. The number of para-hydroxylation sites is 1. The second kappa shape index (κ2) is 54.3. The van der Waals surface area contributed by atoms with Gasteiger partial charge in [0.2, 0.25) is 11.8 Å². The third kappa shape index (κ3) is 34.5. The standard InChI is InChI=1S/C21H22N2O4.C17H16N2O4S2.C17H26N2O3.C16H14Cl2N2O3.C16H22N2O3.C16H24N2O3/c1-3-6-17(14-9-11-15(12-10-14)20(24)23-26)22-21(25)19-13(2)16-7-4-5-8-18(16)27-19;1-11(12-6-8-13(9-7-12)17(20)18-21)19-25(22,23)16-10-14-4-2-3-5-15(14)24-16;1-11(2)15(18-16(22)19-17(3,4)5)13-8-6-12(7-9-13)14(21)10-20;1-9(10-4-2-5-11(8-10)15(21)20-23)19-16(22)14-12(17)6-3-7-13(14)18;1-11(17-15(19)10-12-4-2-3-5-12)13-6-8-14(9-7-13)16(20)18-21;1-5-6-13(17-15(20)16(2,3)4)11-7-9-12(10-8-11)14(19)18-21/h4-5,7-12,17,26H,3,6H2,1-2H3,(H,22,25)(H,23,24);2-11,19,21H,1H3,(H,18,20);6-9,11,15,20H,10H2,1-5H3,(H2,18,19,22);2-9,23H,1H3,(H,19,22)(H,20,21);6-9,11-12,21H,2-5,10H2,1H3,(H,17,19)(H,18,20);7-10,13,21H,5-6H2,1-4H3,(H,17,20)(H,18,19)/t17-;;15-;;;13-/m1.1..1/s1. The number of halogens is 2. The maximum absolute atomic E-state index is 12.8. The Hall–Kier alpha value is -13.1. The minimum absolute atomic E-state index is 0.00173. The molecule has 0 aliphatic heterocycles. The summed E-state index contributed by atoms with van der Waals surface area (Å²) in [5.41, 5.74) is 16.1. The molecule has 12 rings (SSSR count). The number of aliphatic hydroxyl groups is 1. The molecule has 11 aromatic rings. The molecule has 3 unspecified atom stereocenters. The summed E-state index contributed by atoms with van der Waals surface area (Å²) in [7, 11) is -3.65. The molecule has 2 aromatic heterocycles. The molecule has 0 radical (unpaired) electrons. The predicted octanol–water partition coefficient (Wildman–Crippen LogP) is 18.8. The molecular weight excluding hydrogens is 1860 g/mol. The van der Waals surface area contributed by atoms with E-state index in [1.54, 1.807) is 187 Å². The van der Waals surface area contributed by atoms with Gasteiger partial charge in [-0.25, -0.2) is 45.3 Å². The van der Waals surface area contributed by atoms with Crippen LogP contribution in [0, 0.1) is 24.2 Å². The van der Waals surface area contributed by atoms with Gasteiger partial charge in [-0.15, -0.1) is 11.3 Å². The summed E-state index contributed by atoms with van der Waals surface area (Å²) in [5, 5.41) is 72.1. The van der Waals surface area contributed by atoms with E-state index in [2.05, 4.69) is 43.5 Å². The summed E-state index contributed by atoms with van der Waals surface area (Å²) in [6.07, 6.45) is 8.79. The van der Waals surface area contributed by atoms with E-state index in [-0.39, 0.29) is 102 Å². The van der Waals surface area contributed by atoms with E-state index in [0.717, 1.165) is 81.8 Å². The van der Waals surface area contributed by atoms with Gasteiger partial charge in [0, 0.05) is 72.4 Å². The van der Waals surface area contributed by atoms with E-state index >= 15 is 0 Å². The number of carbonyl (C=O) groups is 11. The number of aliphatic hydroxyl groups excluding tert-OH is 1. The second-order valence-corrected chi connectivity index (χ2v) is 39.2. The van der Waals surface area contributed by atoms with Crippen LogP contribution in [0.25, 0.3) is 21.1 Å². The van der Waals surface area contributed by atoms with Crippen LogP contribution in [-0.2, 0) is 19.6 Å². The van der Waals surface area contributed by atoms with E-state index in [9.17, 15) is 61.2 Å². The number of amides is 11. The maximum atomic E-state index is 12.8. The van der Waals surface area contributed by atoms with Crippen molar-refractivity contribution in [3.8, 4) is 0 Å². The fourth-order valence-electron chi connectivity index (χ4n) is 14.6. The molecule has 36 heteroatoms. The zero-order valence-corrected chi connectivity index (χ0v) is 83.1. The molecule has 0 bridgehead atoms. The normalized spacial score (nSPS) is 13.0. The Labute approximate surface area is 822 Å². The highest BCUT2D eigenvalue weighted by Gasteiger charge is 2.29. The van der Waals surface area contributed by atoms with Gasteiger partial charge in [-0.3, -0.25) is 74.0 Å². The lowest BCUT2D eigenvalue weighted by molar-refractivity contribution is -0.129. The molecule has 32 nitrogen and oxygen atoms in total. The Bertz CT molecular complexity index is 6050. The van der Waals surface area contributed by atoms with Crippen LogP contribution in [0.3, 0.4) is 0 Å². The average Bonchev–Trinajstić information content (AvgIpc) is 2.09.